The highest BCUT2D eigenvalue weighted by molar-refractivity contribution is 5.97. The standard InChI is InChI=1S/C32H38N2O4/c1-3-33-21-11-4-5-12-22-34(31(35)26-17-19-28(37-2)20-18-26)27(23-25-13-7-6-8-14-25)24-38-30-16-10-9-15-29(30)32(33)36/h6-10,13-20,27H,3-5,11-12,21-24H2,1-2H3/t27-/m0/s1. The zero-order valence-electron chi connectivity index (χ0n) is 22.5. The molecule has 0 saturated heterocycles. The van der Waals surface area contributed by atoms with Gasteiger partial charge in [-0.1, -0.05) is 55.3 Å². The summed E-state index contributed by atoms with van der Waals surface area (Å²) in [6, 6.07) is 24.7. The monoisotopic (exact) mass is 514 g/mol. The van der Waals surface area contributed by atoms with E-state index in [-0.39, 0.29) is 24.5 Å². The Bertz CT molecular complexity index is 1180. The van der Waals surface area contributed by atoms with Gasteiger partial charge in [-0.05, 0) is 68.1 Å². The maximum atomic E-state index is 13.9. The first-order chi connectivity index (χ1) is 18.6. The van der Waals surface area contributed by atoms with Crippen molar-refractivity contribution in [2.75, 3.05) is 33.4 Å². The molecule has 4 rings (SSSR count). The van der Waals surface area contributed by atoms with Crippen LogP contribution in [0.25, 0.3) is 0 Å². The lowest BCUT2D eigenvalue weighted by Gasteiger charge is -2.33. The lowest BCUT2D eigenvalue weighted by Crippen LogP contribution is -2.45. The van der Waals surface area contributed by atoms with Gasteiger partial charge in [-0.3, -0.25) is 9.59 Å². The first-order valence-corrected chi connectivity index (χ1v) is 13.6. The van der Waals surface area contributed by atoms with Crippen molar-refractivity contribution in [2.45, 2.75) is 45.1 Å². The quantitative estimate of drug-likeness (QED) is 0.428. The summed E-state index contributed by atoms with van der Waals surface area (Å²) in [6.07, 6.45) is 4.48. The van der Waals surface area contributed by atoms with E-state index in [2.05, 4.69) is 12.1 Å². The molecule has 1 heterocycles. The van der Waals surface area contributed by atoms with Gasteiger partial charge in [0.25, 0.3) is 11.8 Å². The molecule has 1 aliphatic rings. The number of methoxy groups -OCH3 is 1. The molecule has 0 aliphatic carbocycles. The normalized spacial score (nSPS) is 17.2. The van der Waals surface area contributed by atoms with Crippen LogP contribution < -0.4 is 9.47 Å². The van der Waals surface area contributed by atoms with Crippen molar-refractivity contribution >= 4 is 11.8 Å². The predicted molar refractivity (Wildman–Crippen MR) is 150 cm³/mol. The van der Waals surface area contributed by atoms with E-state index in [4.69, 9.17) is 9.47 Å². The van der Waals surface area contributed by atoms with Crippen molar-refractivity contribution in [3.05, 3.63) is 95.6 Å². The Morgan fingerprint density at radius 3 is 2.29 bits per heavy atom. The molecule has 1 atom stereocenters. The van der Waals surface area contributed by atoms with Crippen molar-refractivity contribution in [1.82, 2.24) is 9.80 Å². The number of fused-ring (bicyclic) bond motifs is 1. The second-order valence-electron chi connectivity index (χ2n) is 9.68. The average Bonchev–Trinajstić information content (AvgIpc) is 2.97. The van der Waals surface area contributed by atoms with Gasteiger partial charge in [0, 0.05) is 25.2 Å². The summed E-state index contributed by atoms with van der Waals surface area (Å²) in [5.41, 5.74) is 2.33. The number of hydrogen-bond donors (Lipinski definition) is 0. The van der Waals surface area contributed by atoms with Crippen LogP contribution >= 0.6 is 0 Å². The Kier molecular flexibility index (Phi) is 9.79. The molecular formula is C32H38N2O4. The smallest absolute Gasteiger partial charge is 0.257 e. The van der Waals surface area contributed by atoms with Crippen molar-refractivity contribution < 1.29 is 19.1 Å². The Balaban J connectivity index is 1.68. The summed E-state index contributed by atoms with van der Waals surface area (Å²) in [6.45, 7) is 4.32. The summed E-state index contributed by atoms with van der Waals surface area (Å²) in [5, 5.41) is 0. The van der Waals surface area contributed by atoms with Gasteiger partial charge in [-0.25, -0.2) is 0 Å². The first kappa shape index (κ1) is 27.2. The van der Waals surface area contributed by atoms with Gasteiger partial charge in [-0.2, -0.15) is 0 Å². The number of ether oxygens (including phenoxy) is 2. The molecule has 200 valence electrons. The van der Waals surface area contributed by atoms with Gasteiger partial charge in [-0.15, -0.1) is 0 Å². The molecule has 38 heavy (non-hydrogen) atoms. The zero-order chi connectivity index (χ0) is 26.7. The molecule has 1 aliphatic heterocycles. The fourth-order valence-electron chi connectivity index (χ4n) is 4.96. The number of amides is 2. The maximum absolute atomic E-state index is 13.9. The van der Waals surface area contributed by atoms with E-state index in [1.54, 1.807) is 7.11 Å². The van der Waals surface area contributed by atoms with E-state index >= 15 is 0 Å². The number of benzene rings is 3. The summed E-state index contributed by atoms with van der Waals surface area (Å²) in [5.74, 6) is 1.24. The average molecular weight is 515 g/mol. The Labute approximate surface area is 226 Å². The molecule has 0 fully saturated rings. The predicted octanol–water partition coefficient (Wildman–Crippen LogP) is 5.86. The van der Waals surface area contributed by atoms with E-state index in [9.17, 15) is 9.59 Å². The molecule has 0 N–H and O–H groups in total. The summed E-state index contributed by atoms with van der Waals surface area (Å²) < 4.78 is 11.7. The summed E-state index contributed by atoms with van der Waals surface area (Å²) in [4.78, 5) is 31.1. The topological polar surface area (TPSA) is 59.1 Å². The van der Waals surface area contributed by atoms with Gasteiger partial charge < -0.3 is 19.3 Å². The first-order valence-electron chi connectivity index (χ1n) is 13.6. The molecule has 3 aromatic rings. The van der Waals surface area contributed by atoms with Crippen LogP contribution in [0.3, 0.4) is 0 Å². The fraction of sp³-hybridized carbons (Fsp3) is 0.375. The Morgan fingerprint density at radius 1 is 0.895 bits per heavy atom. The van der Waals surface area contributed by atoms with Crippen LogP contribution in [0.4, 0.5) is 0 Å². The molecule has 0 unspecified atom stereocenters. The van der Waals surface area contributed by atoms with Crippen LogP contribution in [0.15, 0.2) is 78.9 Å². The molecule has 0 radical (unpaired) electrons. The van der Waals surface area contributed by atoms with Crippen LogP contribution in [0, 0.1) is 0 Å². The van der Waals surface area contributed by atoms with Crippen molar-refractivity contribution in [1.29, 1.82) is 0 Å². The molecule has 0 saturated carbocycles. The van der Waals surface area contributed by atoms with Crippen LogP contribution in [-0.4, -0.2) is 61.0 Å². The maximum Gasteiger partial charge on any atom is 0.257 e. The second-order valence-corrected chi connectivity index (χ2v) is 9.68. The molecule has 3 aromatic carbocycles. The third-order valence-corrected chi connectivity index (χ3v) is 7.15. The largest absolute Gasteiger partial charge is 0.497 e. The number of carbonyl (C=O) groups is 2. The molecule has 6 heteroatoms. The lowest BCUT2D eigenvalue weighted by molar-refractivity contribution is 0.0597. The third-order valence-electron chi connectivity index (χ3n) is 7.15. The lowest BCUT2D eigenvalue weighted by atomic mass is 10.0. The van der Waals surface area contributed by atoms with Crippen LogP contribution in [-0.2, 0) is 6.42 Å². The van der Waals surface area contributed by atoms with Gasteiger partial charge >= 0.3 is 0 Å². The highest BCUT2D eigenvalue weighted by Gasteiger charge is 2.27. The van der Waals surface area contributed by atoms with Crippen molar-refractivity contribution in [2.24, 2.45) is 0 Å². The van der Waals surface area contributed by atoms with E-state index in [1.165, 1.54) is 0 Å². The van der Waals surface area contributed by atoms with Gasteiger partial charge in [0.15, 0.2) is 0 Å². The minimum Gasteiger partial charge on any atom is -0.497 e. The zero-order valence-corrected chi connectivity index (χ0v) is 22.5. The molecule has 0 spiro atoms. The van der Waals surface area contributed by atoms with Crippen LogP contribution in [0.5, 0.6) is 11.5 Å². The minimum atomic E-state index is -0.208. The molecular weight excluding hydrogens is 476 g/mol. The number of hydrogen-bond acceptors (Lipinski definition) is 4. The molecule has 6 nitrogen and oxygen atoms in total. The highest BCUT2D eigenvalue weighted by Crippen LogP contribution is 2.24. The SMILES string of the molecule is CCN1CCCCCCN(C(=O)c2ccc(OC)cc2)[C@@H](Cc2ccccc2)COc2ccccc2C1=O. The van der Waals surface area contributed by atoms with Gasteiger partial charge in [0.2, 0.25) is 0 Å². The van der Waals surface area contributed by atoms with E-state index in [1.807, 2.05) is 83.5 Å². The van der Waals surface area contributed by atoms with E-state index in [0.29, 0.717) is 42.1 Å². The Morgan fingerprint density at radius 2 is 1.58 bits per heavy atom. The highest BCUT2D eigenvalue weighted by atomic mass is 16.5. The molecule has 0 bridgehead atoms. The molecule has 2 amide bonds. The van der Waals surface area contributed by atoms with E-state index < -0.39 is 0 Å². The van der Waals surface area contributed by atoms with Crippen LogP contribution in [0.1, 0.15) is 58.9 Å². The van der Waals surface area contributed by atoms with Crippen LogP contribution in [0.2, 0.25) is 0 Å². The van der Waals surface area contributed by atoms with Gasteiger partial charge in [0.05, 0.1) is 18.7 Å². The van der Waals surface area contributed by atoms with Crippen molar-refractivity contribution in [3.63, 3.8) is 0 Å². The fourth-order valence-corrected chi connectivity index (χ4v) is 4.96. The van der Waals surface area contributed by atoms with Crippen molar-refractivity contribution in [3.8, 4) is 11.5 Å². The number of rotatable bonds is 5. The third kappa shape index (κ3) is 6.94. The Hall–Kier alpha value is -3.80. The number of carbonyl (C=O) groups excluding carboxylic acids is 2. The summed E-state index contributed by atoms with van der Waals surface area (Å²) in [7, 11) is 1.62. The molecule has 0 aromatic heterocycles. The summed E-state index contributed by atoms with van der Waals surface area (Å²) >= 11 is 0. The van der Waals surface area contributed by atoms with E-state index in [0.717, 1.165) is 37.8 Å². The number of nitrogens with zero attached hydrogens (tertiary/aromatic N) is 2. The number of para-hydroxylation sites is 1. The second kappa shape index (κ2) is 13.7. The minimum absolute atomic E-state index is 0.00839. The van der Waals surface area contributed by atoms with Gasteiger partial charge in [0.1, 0.15) is 18.1 Å².